The normalized spacial score (nSPS) is 19.7. The predicted octanol–water partition coefficient (Wildman–Crippen LogP) is 4.84. The number of thiocarbonyl (C=S) groups is 1. The standard InChI is InChI=1S/C29H36F5N5O4S/c1-28(30,31)42-23-8-9-25(24(18-23)26(40)35-10-11-39-14-12-38(2)13-15-39)41-21-7-6-20(16-21)37-27(44)36-19-4-3-5-22(17-19)43-29(32,33)34/h3-5,8-9,17-18,20-21H,6-7,10-16H2,1-2H3,(H,35,40)(H2,36,37,44). The highest BCUT2D eigenvalue weighted by molar-refractivity contribution is 7.80. The van der Waals surface area contributed by atoms with Crippen LogP contribution in [0, 0.1) is 0 Å². The lowest BCUT2D eigenvalue weighted by Crippen LogP contribution is -2.46. The van der Waals surface area contributed by atoms with Crippen molar-refractivity contribution in [3.8, 4) is 17.2 Å². The number of halogens is 5. The van der Waals surface area contributed by atoms with Gasteiger partial charge < -0.3 is 35.1 Å². The van der Waals surface area contributed by atoms with Crippen LogP contribution < -0.4 is 30.2 Å². The molecule has 0 radical (unpaired) electrons. The van der Waals surface area contributed by atoms with Gasteiger partial charge in [0.2, 0.25) is 0 Å². The Balaban J connectivity index is 1.33. The number of hydrogen-bond donors (Lipinski definition) is 3. The molecule has 2 aliphatic rings. The number of benzene rings is 2. The lowest BCUT2D eigenvalue weighted by Gasteiger charge is -2.32. The maximum absolute atomic E-state index is 13.5. The van der Waals surface area contributed by atoms with Gasteiger partial charge in [-0.1, -0.05) is 6.07 Å². The summed E-state index contributed by atoms with van der Waals surface area (Å²) in [6, 6.07) is 9.23. The van der Waals surface area contributed by atoms with Crippen LogP contribution in [0.5, 0.6) is 17.2 Å². The largest absolute Gasteiger partial charge is 0.573 e. The third-order valence-corrected chi connectivity index (χ3v) is 7.36. The van der Waals surface area contributed by atoms with E-state index in [1.54, 1.807) is 6.07 Å². The first kappa shape index (κ1) is 33.5. The van der Waals surface area contributed by atoms with E-state index in [-0.39, 0.29) is 40.1 Å². The van der Waals surface area contributed by atoms with Crippen molar-refractivity contribution in [2.45, 2.75) is 50.8 Å². The Hall–Kier alpha value is -3.43. The van der Waals surface area contributed by atoms with Gasteiger partial charge in [0.25, 0.3) is 5.91 Å². The van der Waals surface area contributed by atoms with Crippen LogP contribution in [-0.2, 0) is 0 Å². The third kappa shape index (κ3) is 10.9. The number of likely N-dealkylation sites (N-methyl/N-ethyl adjacent to an activating group) is 1. The molecule has 44 heavy (non-hydrogen) atoms. The molecular weight excluding hydrogens is 609 g/mol. The van der Waals surface area contributed by atoms with Crippen molar-refractivity contribution in [3.63, 3.8) is 0 Å². The van der Waals surface area contributed by atoms with Gasteiger partial charge in [0.05, 0.1) is 5.56 Å². The number of anilines is 1. The highest BCUT2D eigenvalue weighted by Gasteiger charge is 2.32. The molecule has 1 amide bonds. The zero-order chi connectivity index (χ0) is 31.9. The zero-order valence-electron chi connectivity index (χ0n) is 24.4. The minimum Gasteiger partial charge on any atom is -0.490 e. The molecule has 1 heterocycles. The Morgan fingerprint density at radius 2 is 1.73 bits per heavy atom. The van der Waals surface area contributed by atoms with Gasteiger partial charge in [-0.15, -0.1) is 13.2 Å². The fourth-order valence-electron chi connectivity index (χ4n) is 5.04. The van der Waals surface area contributed by atoms with E-state index in [1.165, 1.54) is 36.4 Å². The summed E-state index contributed by atoms with van der Waals surface area (Å²) >= 11 is 5.34. The lowest BCUT2D eigenvalue weighted by molar-refractivity contribution is -0.274. The molecule has 1 aliphatic heterocycles. The summed E-state index contributed by atoms with van der Waals surface area (Å²) in [6.07, 6.45) is -6.76. The van der Waals surface area contributed by atoms with Crippen LogP contribution in [0.1, 0.15) is 36.5 Å². The first-order valence-electron chi connectivity index (χ1n) is 14.2. The van der Waals surface area contributed by atoms with Crippen molar-refractivity contribution in [3.05, 3.63) is 48.0 Å². The number of carbonyl (C=O) groups excluding carboxylic acids is 1. The van der Waals surface area contributed by atoms with Crippen molar-refractivity contribution in [2.24, 2.45) is 0 Å². The van der Waals surface area contributed by atoms with Crippen molar-refractivity contribution in [1.29, 1.82) is 0 Å². The van der Waals surface area contributed by atoms with Crippen LogP contribution in [0.2, 0.25) is 0 Å². The number of alkyl halides is 5. The third-order valence-electron chi connectivity index (χ3n) is 7.14. The Morgan fingerprint density at radius 3 is 2.43 bits per heavy atom. The summed E-state index contributed by atoms with van der Waals surface area (Å²) in [5.74, 6) is -0.769. The van der Waals surface area contributed by atoms with Gasteiger partial charge in [0.15, 0.2) is 5.11 Å². The summed E-state index contributed by atoms with van der Waals surface area (Å²) in [5, 5.41) is 9.06. The summed E-state index contributed by atoms with van der Waals surface area (Å²) in [6.45, 7) is 5.32. The molecule has 2 fully saturated rings. The number of nitrogens with one attached hydrogen (secondary N) is 3. The molecule has 0 bridgehead atoms. The van der Waals surface area contributed by atoms with E-state index in [0.29, 0.717) is 45.0 Å². The Labute approximate surface area is 258 Å². The minimum absolute atomic E-state index is 0.0830. The van der Waals surface area contributed by atoms with E-state index in [1.807, 2.05) is 0 Å². The molecule has 2 aromatic rings. The van der Waals surface area contributed by atoms with Crippen molar-refractivity contribution in [2.75, 3.05) is 51.6 Å². The fourth-order valence-corrected chi connectivity index (χ4v) is 5.32. The van der Waals surface area contributed by atoms with Gasteiger partial charge in [-0.25, -0.2) is 0 Å². The van der Waals surface area contributed by atoms with E-state index in [4.69, 9.17) is 21.7 Å². The van der Waals surface area contributed by atoms with Crippen LogP contribution in [0.4, 0.5) is 27.6 Å². The molecule has 15 heteroatoms. The SMILES string of the molecule is CN1CCN(CCNC(=O)c2cc(OC(C)(F)F)ccc2OC2CCC(NC(=S)Nc3cccc(OC(F)(F)F)c3)C2)CC1. The van der Waals surface area contributed by atoms with E-state index < -0.39 is 18.4 Å². The van der Waals surface area contributed by atoms with Gasteiger partial charge in [0, 0.05) is 70.4 Å². The average Bonchev–Trinajstić information content (AvgIpc) is 3.35. The number of carbonyl (C=O) groups is 1. The van der Waals surface area contributed by atoms with Crippen LogP contribution in [0.25, 0.3) is 0 Å². The maximum Gasteiger partial charge on any atom is 0.573 e. The van der Waals surface area contributed by atoms with Gasteiger partial charge in [-0.3, -0.25) is 9.69 Å². The Bertz CT molecular complexity index is 1290. The van der Waals surface area contributed by atoms with Gasteiger partial charge in [-0.2, -0.15) is 8.78 Å². The molecule has 1 aliphatic carbocycles. The van der Waals surface area contributed by atoms with E-state index >= 15 is 0 Å². The maximum atomic E-state index is 13.5. The van der Waals surface area contributed by atoms with Gasteiger partial charge in [0.1, 0.15) is 23.4 Å². The molecule has 4 rings (SSSR count). The van der Waals surface area contributed by atoms with E-state index in [9.17, 15) is 26.7 Å². The van der Waals surface area contributed by atoms with Crippen LogP contribution in [0.15, 0.2) is 42.5 Å². The first-order chi connectivity index (χ1) is 20.7. The van der Waals surface area contributed by atoms with Gasteiger partial charge in [-0.05, 0) is 62.4 Å². The molecule has 242 valence electrons. The predicted molar refractivity (Wildman–Crippen MR) is 158 cm³/mol. The number of ether oxygens (including phenoxy) is 3. The average molecular weight is 646 g/mol. The summed E-state index contributed by atoms with van der Waals surface area (Å²) in [4.78, 5) is 17.6. The highest BCUT2D eigenvalue weighted by Crippen LogP contribution is 2.32. The Kier molecular flexibility index (Phi) is 11.1. The van der Waals surface area contributed by atoms with E-state index in [2.05, 4.69) is 37.5 Å². The molecule has 1 saturated heterocycles. The van der Waals surface area contributed by atoms with Crippen molar-refractivity contribution in [1.82, 2.24) is 20.4 Å². The second-order valence-corrected chi connectivity index (χ2v) is 11.3. The van der Waals surface area contributed by atoms with Crippen LogP contribution in [-0.4, -0.2) is 91.8 Å². The van der Waals surface area contributed by atoms with Crippen molar-refractivity contribution >= 4 is 28.9 Å². The van der Waals surface area contributed by atoms with Crippen LogP contribution in [0.3, 0.4) is 0 Å². The monoisotopic (exact) mass is 645 g/mol. The second-order valence-electron chi connectivity index (χ2n) is 10.9. The molecule has 9 nitrogen and oxygen atoms in total. The molecule has 1 saturated carbocycles. The van der Waals surface area contributed by atoms with Gasteiger partial charge >= 0.3 is 12.5 Å². The summed E-state index contributed by atoms with van der Waals surface area (Å²) in [7, 11) is 2.06. The molecule has 2 aromatic carbocycles. The summed E-state index contributed by atoms with van der Waals surface area (Å²) in [5.41, 5.74) is 0.401. The number of hydrogen-bond acceptors (Lipinski definition) is 7. The van der Waals surface area contributed by atoms with E-state index in [0.717, 1.165) is 26.2 Å². The highest BCUT2D eigenvalue weighted by atomic mass is 32.1. The second kappa shape index (κ2) is 14.6. The number of nitrogens with zero attached hydrogens (tertiary/aromatic N) is 2. The molecule has 0 aromatic heterocycles. The topological polar surface area (TPSA) is 87.3 Å². The number of piperazine rings is 1. The number of rotatable bonds is 11. The fraction of sp³-hybridized carbons (Fsp3) is 0.517. The minimum atomic E-state index is -4.81. The first-order valence-corrected chi connectivity index (χ1v) is 14.6. The summed E-state index contributed by atoms with van der Waals surface area (Å²) < 4.78 is 79.5. The van der Waals surface area contributed by atoms with Crippen LogP contribution >= 0.6 is 12.2 Å². The molecule has 0 spiro atoms. The lowest BCUT2D eigenvalue weighted by atomic mass is 10.1. The molecule has 3 N–H and O–H groups in total. The quantitative estimate of drug-likeness (QED) is 0.235. The molecular formula is C29H36F5N5O4S. The molecule has 2 atom stereocenters. The smallest absolute Gasteiger partial charge is 0.490 e. The van der Waals surface area contributed by atoms with Crippen molar-refractivity contribution < 1.29 is 41.0 Å². The number of amides is 1. The molecule has 2 unspecified atom stereocenters. The zero-order valence-corrected chi connectivity index (χ0v) is 25.2. The Morgan fingerprint density at radius 1 is 1.00 bits per heavy atom.